The van der Waals surface area contributed by atoms with Gasteiger partial charge in [0.05, 0.1) is 22.4 Å². The number of esters is 1. The Morgan fingerprint density at radius 1 is 1.47 bits per heavy atom. The van der Waals surface area contributed by atoms with E-state index in [4.69, 9.17) is 9.84 Å². The fraction of sp³-hybridized carbons (Fsp3) is 0.308. The van der Waals surface area contributed by atoms with Crippen LogP contribution in [0.2, 0.25) is 0 Å². The van der Waals surface area contributed by atoms with Gasteiger partial charge in [0.1, 0.15) is 10.9 Å². The Balaban J connectivity index is 2.36. The summed E-state index contributed by atoms with van der Waals surface area (Å²) in [5.41, 5.74) is 0.782. The van der Waals surface area contributed by atoms with Crippen LogP contribution in [0.4, 0.5) is 0 Å². The van der Waals surface area contributed by atoms with Gasteiger partial charge < -0.3 is 9.84 Å². The molecule has 0 radical (unpaired) electrons. The molecule has 0 amide bonds. The predicted octanol–water partition coefficient (Wildman–Crippen LogP) is 2.66. The van der Waals surface area contributed by atoms with Gasteiger partial charge in [-0.15, -0.1) is 11.3 Å². The second-order valence-electron chi connectivity index (χ2n) is 4.01. The molecule has 100 valence electrons. The van der Waals surface area contributed by atoms with Crippen LogP contribution in [-0.4, -0.2) is 28.6 Å². The van der Waals surface area contributed by atoms with Crippen molar-refractivity contribution in [1.29, 1.82) is 0 Å². The van der Waals surface area contributed by atoms with Crippen molar-refractivity contribution in [3.05, 3.63) is 28.8 Å². The molecule has 0 aliphatic rings. The molecule has 5 nitrogen and oxygen atoms in total. The summed E-state index contributed by atoms with van der Waals surface area (Å²) in [5, 5.41) is 9.56. The zero-order valence-electron chi connectivity index (χ0n) is 10.5. The van der Waals surface area contributed by atoms with Crippen molar-refractivity contribution < 1.29 is 19.4 Å². The number of aromatic carboxylic acids is 1. The van der Waals surface area contributed by atoms with E-state index in [2.05, 4.69) is 4.98 Å². The first kappa shape index (κ1) is 13.5. The number of carbonyl (C=O) groups is 2. The molecule has 2 rings (SSSR count). The fourth-order valence-electron chi connectivity index (χ4n) is 1.63. The van der Waals surface area contributed by atoms with Crippen LogP contribution in [-0.2, 0) is 9.53 Å². The molecule has 1 atom stereocenters. The van der Waals surface area contributed by atoms with Crippen molar-refractivity contribution in [3.63, 3.8) is 0 Å². The van der Waals surface area contributed by atoms with E-state index in [0.29, 0.717) is 17.1 Å². The molecule has 0 aliphatic heterocycles. The zero-order valence-corrected chi connectivity index (χ0v) is 11.4. The number of thiazole rings is 1. The lowest BCUT2D eigenvalue weighted by Crippen LogP contribution is -2.12. The number of fused-ring (bicyclic) bond motifs is 1. The van der Waals surface area contributed by atoms with Crippen molar-refractivity contribution in [3.8, 4) is 0 Å². The highest BCUT2D eigenvalue weighted by atomic mass is 32.1. The van der Waals surface area contributed by atoms with E-state index in [-0.39, 0.29) is 11.5 Å². The fourth-order valence-corrected chi connectivity index (χ4v) is 2.62. The maximum Gasteiger partial charge on any atom is 0.335 e. The molecule has 1 aromatic carbocycles. The molecule has 0 saturated heterocycles. The number of carbonyl (C=O) groups excluding carboxylic acids is 1. The smallest absolute Gasteiger partial charge is 0.335 e. The van der Waals surface area contributed by atoms with Crippen LogP contribution in [0, 0.1) is 0 Å². The van der Waals surface area contributed by atoms with Gasteiger partial charge in [-0.3, -0.25) is 4.79 Å². The highest BCUT2D eigenvalue weighted by Gasteiger charge is 2.20. The lowest BCUT2D eigenvalue weighted by atomic mass is 10.2. The van der Waals surface area contributed by atoms with Crippen LogP contribution in [0.25, 0.3) is 10.2 Å². The molecule has 2 aromatic rings. The highest BCUT2D eigenvalue weighted by Crippen LogP contribution is 2.28. The molecule has 0 bridgehead atoms. The standard InChI is InChI=1S/C13H13NO4S/c1-3-18-13(17)7(2)11-14-9-6-8(12(15)16)4-5-10(9)19-11/h4-7H,3H2,1-2H3,(H,15,16). The van der Waals surface area contributed by atoms with E-state index in [1.165, 1.54) is 23.5 Å². The molecule has 6 heteroatoms. The van der Waals surface area contributed by atoms with E-state index in [1.807, 2.05) is 0 Å². The van der Waals surface area contributed by atoms with Gasteiger partial charge in [0.15, 0.2) is 0 Å². The number of benzene rings is 1. The third-order valence-electron chi connectivity index (χ3n) is 2.66. The van der Waals surface area contributed by atoms with Gasteiger partial charge in [-0.2, -0.15) is 0 Å². The van der Waals surface area contributed by atoms with Crippen LogP contribution in [0.1, 0.15) is 35.1 Å². The maximum absolute atomic E-state index is 11.6. The Morgan fingerprint density at radius 3 is 2.84 bits per heavy atom. The summed E-state index contributed by atoms with van der Waals surface area (Å²) in [5.74, 6) is -1.75. The summed E-state index contributed by atoms with van der Waals surface area (Å²) in [6.07, 6.45) is 0. The van der Waals surface area contributed by atoms with Gasteiger partial charge >= 0.3 is 11.9 Å². The summed E-state index contributed by atoms with van der Waals surface area (Å²) in [6.45, 7) is 3.81. The van der Waals surface area contributed by atoms with E-state index in [1.54, 1.807) is 19.9 Å². The van der Waals surface area contributed by atoms with Crippen LogP contribution in [0.3, 0.4) is 0 Å². The third kappa shape index (κ3) is 2.73. The molecule has 0 aliphatic carbocycles. The van der Waals surface area contributed by atoms with Gasteiger partial charge in [-0.05, 0) is 32.0 Å². The molecule has 0 fully saturated rings. The average molecular weight is 279 g/mol. The summed E-state index contributed by atoms with van der Waals surface area (Å²) in [7, 11) is 0. The number of ether oxygens (including phenoxy) is 1. The summed E-state index contributed by atoms with van der Waals surface area (Å²) in [4.78, 5) is 26.8. The topological polar surface area (TPSA) is 76.5 Å². The van der Waals surface area contributed by atoms with E-state index < -0.39 is 11.9 Å². The molecule has 0 spiro atoms. The molecule has 1 aromatic heterocycles. The quantitative estimate of drug-likeness (QED) is 0.871. The van der Waals surface area contributed by atoms with Crippen molar-refractivity contribution in [2.24, 2.45) is 0 Å². The van der Waals surface area contributed by atoms with Crippen molar-refractivity contribution in [2.45, 2.75) is 19.8 Å². The van der Waals surface area contributed by atoms with Crippen molar-refractivity contribution >= 4 is 33.5 Å². The normalized spacial score (nSPS) is 12.3. The number of carboxylic acid groups (broad SMARTS) is 1. The second-order valence-corrected chi connectivity index (χ2v) is 5.08. The van der Waals surface area contributed by atoms with Crippen LogP contribution in [0.5, 0.6) is 0 Å². The molecule has 1 heterocycles. The number of hydrogen-bond donors (Lipinski definition) is 1. The van der Waals surface area contributed by atoms with Gasteiger partial charge in [0.25, 0.3) is 0 Å². The molecular formula is C13H13NO4S. The minimum Gasteiger partial charge on any atom is -0.478 e. The number of aromatic nitrogens is 1. The monoisotopic (exact) mass is 279 g/mol. The predicted molar refractivity (Wildman–Crippen MR) is 71.6 cm³/mol. The molecule has 1 unspecified atom stereocenters. The number of nitrogens with zero attached hydrogens (tertiary/aromatic N) is 1. The SMILES string of the molecule is CCOC(=O)C(C)c1nc2cc(C(=O)O)ccc2s1. The summed E-state index contributed by atoms with van der Waals surface area (Å²) < 4.78 is 5.81. The largest absolute Gasteiger partial charge is 0.478 e. The zero-order chi connectivity index (χ0) is 14.0. The molecular weight excluding hydrogens is 266 g/mol. The molecule has 19 heavy (non-hydrogen) atoms. The number of carboxylic acids is 1. The Morgan fingerprint density at radius 2 is 2.21 bits per heavy atom. The van der Waals surface area contributed by atoms with Gasteiger partial charge in [0, 0.05) is 0 Å². The highest BCUT2D eigenvalue weighted by molar-refractivity contribution is 7.18. The van der Waals surface area contributed by atoms with Crippen molar-refractivity contribution in [2.75, 3.05) is 6.61 Å². The van der Waals surface area contributed by atoms with Gasteiger partial charge in [-0.25, -0.2) is 9.78 Å². The Bertz CT molecular complexity index is 635. The van der Waals surface area contributed by atoms with Crippen molar-refractivity contribution in [1.82, 2.24) is 4.98 Å². The minimum atomic E-state index is -0.991. The number of rotatable bonds is 4. The Labute approximate surface area is 113 Å². The molecule has 0 saturated carbocycles. The van der Waals surface area contributed by atoms with Crippen LogP contribution in [0.15, 0.2) is 18.2 Å². The van der Waals surface area contributed by atoms with E-state index in [0.717, 1.165) is 4.70 Å². The van der Waals surface area contributed by atoms with Crippen LogP contribution >= 0.6 is 11.3 Å². The summed E-state index contributed by atoms with van der Waals surface area (Å²) in [6, 6.07) is 4.75. The second kappa shape index (κ2) is 5.36. The first-order chi connectivity index (χ1) is 9.02. The average Bonchev–Trinajstić information content (AvgIpc) is 2.80. The third-order valence-corrected chi connectivity index (χ3v) is 3.88. The van der Waals surface area contributed by atoms with E-state index >= 15 is 0 Å². The van der Waals surface area contributed by atoms with Gasteiger partial charge in [0.2, 0.25) is 0 Å². The van der Waals surface area contributed by atoms with E-state index in [9.17, 15) is 9.59 Å². The summed E-state index contributed by atoms with van der Waals surface area (Å²) >= 11 is 1.38. The van der Waals surface area contributed by atoms with Crippen LogP contribution < -0.4 is 0 Å². The van der Waals surface area contributed by atoms with Gasteiger partial charge in [-0.1, -0.05) is 0 Å². The first-order valence-electron chi connectivity index (χ1n) is 5.83. The minimum absolute atomic E-state index is 0.188. The Hall–Kier alpha value is -1.95. The first-order valence-corrected chi connectivity index (χ1v) is 6.65. The number of hydrogen-bond acceptors (Lipinski definition) is 5. The maximum atomic E-state index is 11.6. The lowest BCUT2D eigenvalue weighted by molar-refractivity contribution is -0.144. The molecule has 1 N–H and O–H groups in total. The lowest BCUT2D eigenvalue weighted by Gasteiger charge is -2.06. The Kier molecular flexibility index (Phi) is 3.80.